The first-order chi connectivity index (χ1) is 11.6. The van der Waals surface area contributed by atoms with E-state index < -0.39 is 10.8 Å². The molecule has 24 heavy (non-hydrogen) atoms. The van der Waals surface area contributed by atoms with Crippen molar-refractivity contribution in [3.8, 4) is 11.6 Å². The van der Waals surface area contributed by atoms with Gasteiger partial charge in [0.05, 0.1) is 18.6 Å². The number of amides is 1. The Morgan fingerprint density at radius 1 is 1.38 bits per heavy atom. The Kier molecular flexibility index (Phi) is 5.67. The van der Waals surface area contributed by atoms with Crippen LogP contribution in [0.1, 0.15) is 22.8 Å². The highest BCUT2D eigenvalue weighted by atomic mass is 16.6. The van der Waals surface area contributed by atoms with Gasteiger partial charge >= 0.3 is 5.69 Å². The van der Waals surface area contributed by atoms with Gasteiger partial charge in [-0.25, -0.2) is 4.98 Å². The number of carbonyl (C=O) groups excluding carboxylic acids is 1. The lowest BCUT2D eigenvalue weighted by atomic mass is 10.1. The highest BCUT2D eigenvalue weighted by Crippen LogP contribution is 2.28. The molecule has 0 aliphatic carbocycles. The second-order valence-corrected chi connectivity index (χ2v) is 4.73. The molecule has 1 N–H and O–H groups in total. The van der Waals surface area contributed by atoms with Crippen LogP contribution in [0, 0.1) is 10.1 Å². The molecule has 1 heterocycles. The lowest BCUT2D eigenvalue weighted by Crippen LogP contribution is -2.23. The summed E-state index contributed by atoms with van der Waals surface area (Å²) in [6, 6.07) is 7.59. The van der Waals surface area contributed by atoms with E-state index in [1.807, 2.05) is 0 Å². The van der Waals surface area contributed by atoms with Crippen LogP contribution in [0.25, 0.3) is 0 Å². The van der Waals surface area contributed by atoms with Gasteiger partial charge in [0.15, 0.2) is 5.75 Å². The van der Waals surface area contributed by atoms with Crippen molar-refractivity contribution in [3.05, 3.63) is 57.8 Å². The van der Waals surface area contributed by atoms with Gasteiger partial charge < -0.3 is 14.8 Å². The van der Waals surface area contributed by atoms with Crippen LogP contribution in [0.5, 0.6) is 11.6 Å². The Morgan fingerprint density at radius 3 is 2.83 bits per heavy atom. The third-order valence-electron chi connectivity index (χ3n) is 3.20. The molecule has 1 aromatic heterocycles. The summed E-state index contributed by atoms with van der Waals surface area (Å²) >= 11 is 0. The lowest BCUT2D eigenvalue weighted by Gasteiger charge is -2.09. The average molecular weight is 331 g/mol. The van der Waals surface area contributed by atoms with Gasteiger partial charge in [-0.2, -0.15) is 0 Å². The molecule has 0 saturated carbocycles. The van der Waals surface area contributed by atoms with Crippen LogP contribution in [0.4, 0.5) is 5.69 Å². The molecule has 2 rings (SSSR count). The van der Waals surface area contributed by atoms with E-state index in [9.17, 15) is 14.9 Å². The molecule has 2 aromatic rings. The predicted octanol–water partition coefficient (Wildman–Crippen LogP) is 2.33. The standard InChI is InChI=1S/C16H17N3O5/c1-3-24-14-7-6-11(9-13(14)19(21)22)15(20)18-10-12-5-4-8-17-16(12)23-2/h4-9H,3,10H2,1-2H3,(H,18,20). The fourth-order valence-electron chi connectivity index (χ4n) is 2.10. The topological polar surface area (TPSA) is 104 Å². The van der Waals surface area contributed by atoms with Crippen molar-refractivity contribution < 1.29 is 19.2 Å². The number of nitrogens with one attached hydrogen (secondary N) is 1. The molecular weight excluding hydrogens is 314 g/mol. The van der Waals surface area contributed by atoms with E-state index in [-0.39, 0.29) is 23.5 Å². The molecule has 0 radical (unpaired) electrons. The monoisotopic (exact) mass is 331 g/mol. The van der Waals surface area contributed by atoms with Crippen molar-refractivity contribution >= 4 is 11.6 Å². The van der Waals surface area contributed by atoms with Crippen LogP contribution < -0.4 is 14.8 Å². The zero-order chi connectivity index (χ0) is 17.5. The van der Waals surface area contributed by atoms with Crippen LogP contribution in [0.15, 0.2) is 36.5 Å². The molecule has 0 fully saturated rings. The Hall–Kier alpha value is -3.16. The summed E-state index contributed by atoms with van der Waals surface area (Å²) in [4.78, 5) is 26.8. The van der Waals surface area contributed by atoms with Crippen molar-refractivity contribution in [3.63, 3.8) is 0 Å². The summed E-state index contributed by atoms with van der Waals surface area (Å²) in [6.45, 7) is 2.22. The number of nitro benzene ring substituents is 1. The summed E-state index contributed by atoms with van der Waals surface area (Å²) in [5.41, 5.74) is 0.630. The molecule has 126 valence electrons. The molecule has 0 aliphatic heterocycles. The van der Waals surface area contributed by atoms with E-state index in [4.69, 9.17) is 9.47 Å². The summed E-state index contributed by atoms with van der Waals surface area (Å²) in [6.07, 6.45) is 1.58. The maximum Gasteiger partial charge on any atom is 0.311 e. The van der Waals surface area contributed by atoms with Gasteiger partial charge in [-0.3, -0.25) is 14.9 Å². The summed E-state index contributed by atoms with van der Waals surface area (Å²) < 4.78 is 10.3. The molecule has 0 unspecified atom stereocenters. The second-order valence-electron chi connectivity index (χ2n) is 4.73. The molecule has 0 bridgehead atoms. The number of aromatic nitrogens is 1. The van der Waals surface area contributed by atoms with Crippen LogP contribution in [-0.2, 0) is 6.54 Å². The average Bonchev–Trinajstić information content (AvgIpc) is 2.60. The van der Waals surface area contributed by atoms with Gasteiger partial charge in [0.2, 0.25) is 5.88 Å². The van der Waals surface area contributed by atoms with Crippen LogP contribution in [0.3, 0.4) is 0 Å². The minimum absolute atomic E-state index is 0.132. The largest absolute Gasteiger partial charge is 0.487 e. The highest BCUT2D eigenvalue weighted by Gasteiger charge is 2.18. The van der Waals surface area contributed by atoms with Gasteiger partial charge in [-0.1, -0.05) is 6.07 Å². The van der Waals surface area contributed by atoms with Crippen LogP contribution >= 0.6 is 0 Å². The first kappa shape index (κ1) is 17.2. The number of nitro groups is 1. The smallest absolute Gasteiger partial charge is 0.311 e. The summed E-state index contributed by atoms with van der Waals surface area (Å²) in [5, 5.41) is 13.8. The third-order valence-corrected chi connectivity index (χ3v) is 3.20. The molecule has 8 heteroatoms. The second kappa shape index (κ2) is 7.91. The first-order valence-electron chi connectivity index (χ1n) is 7.24. The number of nitrogens with zero attached hydrogens (tertiary/aromatic N) is 2. The zero-order valence-electron chi connectivity index (χ0n) is 13.3. The fraction of sp³-hybridized carbons (Fsp3) is 0.250. The number of benzene rings is 1. The van der Waals surface area contributed by atoms with Crippen molar-refractivity contribution in [2.45, 2.75) is 13.5 Å². The van der Waals surface area contributed by atoms with Gasteiger partial charge in [-0.05, 0) is 25.1 Å². The normalized spacial score (nSPS) is 10.1. The molecule has 0 aliphatic rings. The van der Waals surface area contributed by atoms with Gasteiger partial charge in [-0.15, -0.1) is 0 Å². The Bertz CT molecular complexity index is 748. The SMILES string of the molecule is CCOc1ccc(C(=O)NCc2cccnc2OC)cc1[N+](=O)[O-]. The van der Waals surface area contributed by atoms with E-state index in [1.54, 1.807) is 25.3 Å². The van der Waals surface area contributed by atoms with Gasteiger partial charge in [0.25, 0.3) is 5.91 Å². The van der Waals surface area contributed by atoms with E-state index in [2.05, 4.69) is 10.3 Å². The van der Waals surface area contributed by atoms with Crippen LogP contribution in [0.2, 0.25) is 0 Å². The molecule has 1 amide bonds. The lowest BCUT2D eigenvalue weighted by molar-refractivity contribution is -0.385. The first-order valence-corrected chi connectivity index (χ1v) is 7.24. The Morgan fingerprint density at radius 2 is 2.17 bits per heavy atom. The number of carbonyl (C=O) groups is 1. The molecule has 0 spiro atoms. The summed E-state index contributed by atoms with van der Waals surface area (Å²) in [7, 11) is 1.49. The number of hydrogen-bond donors (Lipinski definition) is 1. The molecule has 8 nitrogen and oxygen atoms in total. The Labute approximate surface area is 138 Å². The van der Waals surface area contributed by atoms with Crippen molar-refractivity contribution in [2.75, 3.05) is 13.7 Å². The van der Waals surface area contributed by atoms with Gasteiger partial charge in [0.1, 0.15) is 0 Å². The maximum absolute atomic E-state index is 12.2. The molecular formula is C16H17N3O5. The maximum atomic E-state index is 12.2. The van der Waals surface area contributed by atoms with Gasteiger partial charge in [0, 0.05) is 29.9 Å². The van der Waals surface area contributed by atoms with Crippen LogP contribution in [-0.4, -0.2) is 29.5 Å². The predicted molar refractivity (Wildman–Crippen MR) is 86.2 cm³/mol. The number of pyridine rings is 1. The molecule has 1 aromatic carbocycles. The van der Waals surface area contributed by atoms with Crippen molar-refractivity contribution in [2.24, 2.45) is 0 Å². The number of rotatable bonds is 7. The minimum Gasteiger partial charge on any atom is -0.487 e. The number of methoxy groups -OCH3 is 1. The molecule has 0 atom stereocenters. The number of hydrogen-bond acceptors (Lipinski definition) is 6. The highest BCUT2D eigenvalue weighted by molar-refractivity contribution is 5.95. The van der Waals surface area contributed by atoms with Crippen molar-refractivity contribution in [1.29, 1.82) is 0 Å². The third kappa shape index (κ3) is 3.97. The van der Waals surface area contributed by atoms with E-state index in [0.29, 0.717) is 18.1 Å². The quantitative estimate of drug-likeness (QED) is 0.617. The van der Waals surface area contributed by atoms with E-state index >= 15 is 0 Å². The minimum atomic E-state index is -0.577. The fourth-order valence-corrected chi connectivity index (χ4v) is 2.10. The van der Waals surface area contributed by atoms with E-state index in [1.165, 1.54) is 25.3 Å². The zero-order valence-corrected chi connectivity index (χ0v) is 13.3. The number of ether oxygens (including phenoxy) is 2. The van der Waals surface area contributed by atoms with E-state index in [0.717, 1.165) is 0 Å². The van der Waals surface area contributed by atoms with Crippen molar-refractivity contribution in [1.82, 2.24) is 10.3 Å². The summed E-state index contributed by atoms with van der Waals surface area (Å²) in [5.74, 6) is 0.107. The Balaban J connectivity index is 2.15. The molecule has 0 saturated heterocycles.